The lowest BCUT2D eigenvalue weighted by Gasteiger charge is -2.45. The molecule has 0 spiro atoms. The molecule has 22 heavy (non-hydrogen) atoms. The fraction of sp³-hybridized carbons (Fsp3) is 0.737. The molecule has 0 aromatic heterocycles. The number of allylic oxidation sites excluding steroid dienone is 2. The Morgan fingerprint density at radius 3 is 2.95 bits per heavy atom. The molecule has 4 aliphatic rings. The molecule has 2 aliphatic heterocycles. The summed E-state index contributed by atoms with van der Waals surface area (Å²) in [6.07, 6.45) is 12.6. The van der Waals surface area contributed by atoms with Gasteiger partial charge in [0.1, 0.15) is 0 Å². The van der Waals surface area contributed by atoms with Gasteiger partial charge in [-0.05, 0) is 44.1 Å². The molecule has 120 valence electrons. The monoisotopic (exact) mass is 301 g/mol. The van der Waals surface area contributed by atoms with Crippen LogP contribution in [0.5, 0.6) is 0 Å². The third-order valence-corrected chi connectivity index (χ3v) is 5.82. The summed E-state index contributed by atoms with van der Waals surface area (Å²) in [6.45, 7) is 3.00. The van der Waals surface area contributed by atoms with Gasteiger partial charge in [0.15, 0.2) is 5.78 Å². The molecule has 0 aromatic rings. The molecule has 4 rings (SSSR count). The molecular formula is C19H27NO2. The van der Waals surface area contributed by atoms with Gasteiger partial charge in [0.25, 0.3) is 0 Å². The lowest BCUT2D eigenvalue weighted by Crippen LogP contribution is -2.53. The van der Waals surface area contributed by atoms with E-state index in [0.717, 1.165) is 49.5 Å². The highest BCUT2D eigenvalue weighted by atomic mass is 16.5. The summed E-state index contributed by atoms with van der Waals surface area (Å²) in [7, 11) is 0. The summed E-state index contributed by atoms with van der Waals surface area (Å²) in [5, 5.41) is 3.72. The number of Topliss-reactive ketones (excluding diaryl/α,β-unsaturated/α-hetero) is 1. The molecule has 1 N–H and O–H groups in total. The number of nitrogens with one attached hydrogen (secondary N) is 1. The van der Waals surface area contributed by atoms with Crippen LogP contribution in [0, 0.1) is 17.8 Å². The molecule has 4 atom stereocenters. The van der Waals surface area contributed by atoms with E-state index in [1.54, 1.807) is 0 Å². The number of unbranched alkanes of at least 4 members (excludes halogenated alkanes) is 1. The van der Waals surface area contributed by atoms with E-state index >= 15 is 0 Å². The first-order chi connectivity index (χ1) is 10.8. The summed E-state index contributed by atoms with van der Waals surface area (Å²) < 4.78 is 6.13. The van der Waals surface area contributed by atoms with Gasteiger partial charge in [0.05, 0.1) is 6.10 Å². The minimum Gasteiger partial charge on any atom is -0.381 e. The summed E-state index contributed by atoms with van der Waals surface area (Å²) >= 11 is 0. The Morgan fingerprint density at radius 2 is 2.18 bits per heavy atom. The summed E-state index contributed by atoms with van der Waals surface area (Å²) in [5.74, 6) is 1.69. The number of ketones is 1. The van der Waals surface area contributed by atoms with Crippen LogP contribution in [-0.4, -0.2) is 24.5 Å². The normalized spacial score (nSPS) is 37.6. The van der Waals surface area contributed by atoms with Crippen molar-refractivity contribution in [2.24, 2.45) is 17.8 Å². The highest BCUT2D eigenvalue weighted by Gasteiger charge is 2.48. The molecule has 1 saturated carbocycles. The van der Waals surface area contributed by atoms with Crippen LogP contribution in [-0.2, 0) is 9.53 Å². The van der Waals surface area contributed by atoms with Crippen molar-refractivity contribution in [3.8, 4) is 0 Å². The molecule has 0 amide bonds. The van der Waals surface area contributed by atoms with Gasteiger partial charge in [-0.1, -0.05) is 25.8 Å². The Kier molecular flexibility index (Phi) is 3.85. The van der Waals surface area contributed by atoms with Gasteiger partial charge in [0, 0.05) is 35.8 Å². The fourth-order valence-electron chi connectivity index (χ4n) is 4.47. The zero-order chi connectivity index (χ0) is 15.1. The van der Waals surface area contributed by atoms with Crippen LogP contribution < -0.4 is 5.32 Å². The smallest absolute Gasteiger partial charge is 0.170 e. The van der Waals surface area contributed by atoms with Gasteiger partial charge in [0.2, 0.25) is 0 Å². The number of hydrogen-bond acceptors (Lipinski definition) is 3. The highest BCUT2D eigenvalue weighted by Crippen LogP contribution is 2.45. The van der Waals surface area contributed by atoms with Crippen LogP contribution >= 0.6 is 0 Å². The molecule has 2 fully saturated rings. The van der Waals surface area contributed by atoms with E-state index in [9.17, 15) is 4.79 Å². The maximum absolute atomic E-state index is 13.0. The van der Waals surface area contributed by atoms with Crippen LogP contribution in [0.25, 0.3) is 0 Å². The van der Waals surface area contributed by atoms with Crippen molar-refractivity contribution in [2.75, 3.05) is 6.61 Å². The zero-order valence-corrected chi connectivity index (χ0v) is 13.5. The number of carbonyl (C=O) groups excluding carboxylic acids is 1. The standard InChI is InChI=1S/C19H27NO2/c1-2-3-5-13-9-10-15-16(18(13)21)19-14(6-4-11-22-19)17(20-15)12-7-8-12/h9-10,12-14,17,19-20H,2-8,11H2,1H3. The van der Waals surface area contributed by atoms with Crippen LogP contribution in [0.3, 0.4) is 0 Å². The molecular weight excluding hydrogens is 274 g/mol. The molecule has 2 heterocycles. The van der Waals surface area contributed by atoms with Crippen molar-refractivity contribution in [1.29, 1.82) is 0 Å². The molecule has 3 nitrogen and oxygen atoms in total. The Morgan fingerprint density at radius 1 is 1.32 bits per heavy atom. The Bertz CT molecular complexity index is 518. The third kappa shape index (κ3) is 2.44. The number of hydrogen-bond donors (Lipinski definition) is 1. The first kappa shape index (κ1) is 14.5. The molecule has 2 aliphatic carbocycles. The summed E-state index contributed by atoms with van der Waals surface area (Å²) in [6, 6.07) is 0.522. The van der Waals surface area contributed by atoms with Crippen LogP contribution in [0.2, 0.25) is 0 Å². The zero-order valence-electron chi connectivity index (χ0n) is 13.5. The molecule has 0 bridgehead atoms. The lowest BCUT2D eigenvalue weighted by molar-refractivity contribution is -0.122. The SMILES string of the molecule is CCCCC1C=CC2=C(C1=O)C1OCCCC1C(C1CC1)N2. The van der Waals surface area contributed by atoms with E-state index in [0.29, 0.717) is 17.7 Å². The van der Waals surface area contributed by atoms with Crippen molar-refractivity contribution in [3.05, 3.63) is 23.4 Å². The van der Waals surface area contributed by atoms with Gasteiger partial charge >= 0.3 is 0 Å². The number of fused-ring (bicyclic) bond motifs is 2. The van der Waals surface area contributed by atoms with Gasteiger partial charge in [-0.15, -0.1) is 0 Å². The van der Waals surface area contributed by atoms with Crippen LogP contribution in [0.1, 0.15) is 51.9 Å². The van der Waals surface area contributed by atoms with E-state index in [1.807, 2.05) is 0 Å². The second kappa shape index (κ2) is 5.84. The Hall–Kier alpha value is -1.09. The fourth-order valence-corrected chi connectivity index (χ4v) is 4.47. The number of ether oxygens (including phenoxy) is 1. The second-order valence-corrected chi connectivity index (χ2v) is 7.40. The van der Waals surface area contributed by atoms with E-state index in [4.69, 9.17) is 4.74 Å². The largest absolute Gasteiger partial charge is 0.381 e. The van der Waals surface area contributed by atoms with Gasteiger partial charge in [-0.3, -0.25) is 4.79 Å². The average molecular weight is 301 g/mol. The Balaban J connectivity index is 1.62. The van der Waals surface area contributed by atoms with Crippen molar-refractivity contribution >= 4 is 5.78 Å². The summed E-state index contributed by atoms with van der Waals surface area (Å²) in [4.78, 5) is 13.0. The van der Waals surface area contributed by atoms with Crippen LogP contribution in [0.4, 0.5) is 0 Å². The van der Waals surface area contributed by atoms with Crippen molar-refractivity contribution in [3.63, 3.8) is 0 Å². The van der Waals surface area contributed by atoms with Gasteiger partial charge < -0.3 is 10.1 Å². The van der Waals surface area contributed by atoms with E-state index in [2.05, 4.69) is 24.4 Å². The van der Waals surface area contributed by atoms with Crippen molar-refractivity contribution in [1.82, 2.24) is 5.32 Å². The van der Waals surface area contributed by atoms with E-state index in [-0.39, 0.29) is 12.0 Å². The molecule has 0 radical (unpaired) electrons. The first-order valence-corrected chi connectivity index (χ1v) is 9.14. The van der Waals surface area contributed by atoms with E-state index in [1.165, 1.54) is 19.3 Å². The molecule has 3 heteroatoms. The number of carbonyl (C=O) groups is 1. The quantitative estimate of drug-likeness (QED) is 0.865. The minimum absolute atomic E-state index is 0.0529. The molecule has 4 unspecified atom stereocenters. The van der Waals surface area contributed by atoms with E-state index < -0.39 is 0 Å². The van der Waals surface area contributed by atoms with Gasteiger partial charge in [-0.2, -0.15) is 0 Å². The highest BCUT2D eigenvalue weighted by molar-refractivity contribution is 6.01. The number of rotatable bonds is 4. The lowest BCUT2D eigenvalue weighted by atomic mass is 9.73. The third-order valence-electron chi connectivity index (χ3n) is 5.82. The molecule has 0 aromatic carbocycles. The van der Waals surface area contributed by atoms with Crippen LogP contribution in [0.15, 0.2) is 23.4 Å². The second-order valence-electron chi connectivity index (χ2n) is 7.40. The maximum Gasteiger partial charge on any atom is 0.170 e. The minimum atomic E-state index is 0.0529. The van der Waals surface area contributed by atoms with Gasteiger partial charge in [-0.25, -0.2) is 0 Å². The predicted octanol–water partition coefficient (Wildman–Crippen LogP) is 3.36. The molecule has 1 saturated heterocycles. The maximum atomic E-state index is 13.0. The van der Waals surface area contributed by atoms with Crippen molar-refractivity contribution < 1.29 is 9.53 Å². The summed E-state index contributed by atoms with van der Waals surface area (Å²) in [5.41, 5.74) is 2.03. The Labute approximate surface area is 133 Å². The first-order valence-electron chi connectivity index (χ1n) is 9.14. The average Bonchev–Trinajstić information content (AvgIpc) is 3.38. The topological polar surface area (TPSA) is 38.3 Å². The predicted molar refractivity (Wildman–Crippen MR) is 86.3 cm³/mol. The van der Waals surface area contributed by atoms with Crippen molar-refractivity contribution in [2.45, 2.75) is 64.0 Å².